The van der Waals surface area contributed by atoms with Gasteiger partial charge in [-0.3, -0.25) is 4.79 Å². The van der Waals surface area contributed by atoms with E-state index in [4.69, 9.17) is 16.0 Å². The SMILES string of the molecule is Cc1ccc2[nH]c(C(=O)N3CCC(c4nc5ccccc5o4)CC3)c(Cl)c2c1. The van der Waals surface area contributed by atoms with Gasteiger partial charge in [-0.2, -0.15) is 0 Å². The first kappa shape index (κ1) is 17.3. The number of carbonyl (C=O) groups excluding carboxylic acids is 1. The molecule has 1 N–H and O–H groups in total. The molecule has 0 spiro atoms. The number of hydrogen-bond donors (Lipinski definition) is 1. The Morgan fingerprint density at radius 3 is 2.79 bits per heavy atom. The third kappa shape index (κ3) is 2.87. The average Bonchev–Trinajstić information content (AvgIpc) is 3.29. The first-order valence-corrected chi connectivity index (χ1v) is 9.90. The summed E-state index contributed by atoms with van der Waals surface area (Å²) in [4.78, 5) is 22.7. The lowest BCUT2D eigenvalue weighted by Gasteiger charge is -2.30. The van der Waals surface area contributed by atoms with Gasteiger partial charge in [0.15, 0.2) is 11.5 Å². The highest BCUT2D eigenvalue weighted by Gasteiger charge is 2.29. The van der Waals surface area contributed by atoms with Crippen LogP contribution in [0.2, 0.25) is 5.02 Å². The van der Waals surface area contributed by atoms with Gasteiger partial charge in [0, 0.05) is 29.9 Å². The quantitative estimate of drug-likeness (QED) is 0.503. The van der Waals surface area contributed by atoms with E-state index >= 15 is 0 Å². The van der Waals surface area contributed by atoms with Gasteiger partial charge in [-0.25, -0.2) is 4.98 Å². The maximum atomic E-state index is 13.0. The second kappa shape index (κ2) is 6.67. The lowest BCUT2D eigenvalue weighted by molar-refractivity contribution is 0.0702. The molecule has 4 aromatic rings. The van der Waals surface area contributed by atoms with E-state index in [2.05, 4.69) is 9.97 Å². The smallest absolute Gasteiger partial charge is 0.271 e. The number of carbonyl (C=O) groups is 1. The van der Waals surface area contributed by atoms with Crippen molar-refractivity contribution >= 4 is 39.5 Å². The molecule has 28 heavy (non-hydrogen) atoms. The van der Waals surface area contributed by atoms with E-state index in [1.54, 1.807) is 0 Å². The first-order valence-electron chi connectivity index (χ1n) is 9.53. The van der Waals surface area contributed by atoms with Crippen LogP contribution >= 0.6 is 11.6 Å². The molecule has 0 saturated carbocycles. The molecule has 1 aliphatic rings. The van der Waals surface area contributed by atoms with Crippen LogP contribution in [0.3, 0.4) is 0 Å². The Hall–Kier alpha value is -2.79. The van der Waals surface area contributed by atoms with Gasteiger partial charge in [0.25, 0.3) is 5.91 Å². The van der Waals surface area contributed by atoms with Crippen LogP contribution in [-0.2, 0) is 0 Å². The minimum absolute atomic E-state index is 0.0464. The molecule has 1 saturated heterocycles. The minimum Gasteiger partial charge on any atom is -0.440 e. The predicted octanol–water partition coefficient (Wildman–Crippen LogP) is 5.29. The number of nitrogens with one attached hydrogen (secondary N) is 1. The van der Waals surface area contributed by atoms with E-state index in [1.165, 1.54) is 0 Å². The summed E-state index contributed by atoms with van der Waals surface area (Å²) < 4.78 is 5.92. The molecule has 1 amide bonds. The number of para-hydroxylation sites is 2. The van der Waals surface area contributed by atoms with Crippen LogP contribution in [0.25, 0.3) is 22.0 Å². The number of H-pyrrole nitrogens is 1. The van der Waals surface area contributed by atoms with Gasteiger partial charge < -0.3 is 14.3 Å². The highest BCUT2D eigenvalue weighted by molar-refractivity contribution is 6.38. The number of likely N-dealkylation sites (tertiary alicyclic amines) is 1. The largest absolute Gasteiger partial charge is 0.440 e. The van der Waals surface area contributed by atoms with E-state index in [0.717, 1.165) is 46.3 Å². The topological polar surface area (TPSA) is 62.1 Å². The van der Waals surface area contributed by atoms with E-state index in [0.29, 0.717) is 23.8 Å². The van der Waals surface area contributed by atoms with Crippen molar-refractivity contribution in [3.8, 4) is 0 Å². The Morgan fingerprint density at radius 2 is 2.00 bits per heavy atom. The van der Waals surface area contributed by atoms with Crippen LogP contribution in [0.5, 0.6) is 0 Å². The van der Waals surface area contributed by atoms with Crippen LogP contribution in [0.15, 0.2) is 46.9 Å². The second-order valence-electron chi connectivity index (χ2n) is 7.45. The molecule has 0 bridgehead atoms. The molecule has 2 aromatic heterocycles. The molecule has 0 unspecified atom stereocenters. The Kier molecular flexibility index (Phi) is 4.13. The van der Waals surface area contributed by atoms with Crippen molar-refractivity contribution in [1.82, 2.24) is 14.9 Å². The minimum atomic E-state index is -0.0464. The van der Waals surface area contributed by atoms with E-state index in [-0.39, 0.29) is 11.8 Å². The lowest BCUT2D eigenvalue weighted by atomic mass is 9.96. The molecule has 0 radical (unpaired) electrons. The number of aromatic amines is 1. The molecule has 0 atom stereocenters. The number of rotatable bonds is 2. The molecular formula is C22H20ClN3O2. The summed E-state index contributed by atoms with van der Waals surface area (Å²) in [7, 11) is 0. The number of benzene rings is 2. The van der Waals surface area contributed by atoms with E-state index in [1.807, 2.05) is 54.3 Å². The number of fused-ring (bicyclic) bond motifs is 2. The molecule has 2 aromatic carbocycles. The van der Waals surface area contributed by atoms with Crippen molar-refractivity contribution < 1.29 is 9.21 Å². The summed E-state index contributed by atoms with van der Waals surface area (Å²) in [6.45, 7) is 3.33. The van der Waals surface area contributed by atoms with Gasteiger partial charge in [-0.15, -0.1) is 0 Å². The molecular weight excluding hydrogens is 374 g/mol. The van der Waals surface area contributed by atoms with Gasteiger partial charge in [0.2, 0.25) is 0 Å². The summed E-state index contributed by atoms with van der Waals surface area (Å²) >= 11 is 6.51. The molecule has 6 heteroatoms. The fourth-order valence-corrected chi connectivity index (χ4v) is 4.26. The number of aromatic nitrogens is 2. The summed E-state index contributed by atoms with van der Waals surface area (Å²) in [6.07, 6.45) is 1.66. The number of halogens is 1. The zero-order valence-corrected chi connectivity index (χ0v) is 16.3. The normalized spacial score (nSPS) is 15.6. The maximum absolute atomic E-state index is 13.0. The number of nitrogens with zero attached hydrogens (tertiary/aromatic N) is 2. The molecule has 1 aliphatic heterocycles. The maximum Gasteiger partial charge on any atom is 0.271 e. The number of amides is 1. The number of hydrogen-bond acceptors (Lipinski definition) is 3. The first-order chi connectivity index (χ1) is 13.6. The Bertz CT molecular complexity index is 1150. The standard InChI is InChI=1S/C22H20ClN3O2/c1-13-6-7-16-15(12-13)19(23)20(24-16)22(27)26-10-8-14(9-11-26)21-25-17-4-2-3-5-18(17)28-21/h2-7,12,14,24H,8-11H2,1H3. The Labute approximate surface area is 167 Å². The van der Waals surface area contributed by atoms with Gasteiger partial charge in [0.1, 0.15) is 11.2 Å². The monoisotopic (exact) mass is 393 g/mol. The summed E-state index contributed by atoms with van der Waals surface area (Å²) in [6, 6.07) is 13.8. The molecule has 142 valence electrons. The predicted molar refractivity (Wildman–Crippen MR) is 110 cm³/mol. The number of aryl methyl sites for hydroxylation is 1. The fourth-order valence-electron chi connectivity index (χ4n) is 3.97. The van der Waals surface area contributed by atoms with Crippen LogP contribution in [-0.4, -0.2) is 33.9 Å². The average molecular weight is 394 g/mol. The van der Waals surface area contributed by atoms with Crippen molar-refractivity contribution in [2.24, 2.45) is 0 Å². The van der Waals surface area contributed by atoms with Crippen molar-refractivity contribution in [1.29, 1.82) is 0 Å². The second-order valence-corrected chi connectivity index (χ2v) is 7.83. The highest BCUT2D eigenvalue weighted by atomic mass is 35.5. The van der Waals surface area contributed by atoms with E-state index in [9.17, 15) is 4.79 Å². The summed E-state index contributed by atoms with van der Waals surface area (Å²) in [5.41, 5.74) is 4.18. The molecule has 1 fully saturated rings. The summed E-state index contributed by atoms with van der Waals surface area (Å²) in [5.74, 6) is 0.958. The van der Waals surface area contributed by atoms with Crippen molar-refractivity contribution in [2.45, 2.75) is 25.7 Å². The van der Waals surface area contributed by atoms with Crippen LogP contribution in [0.1, 0.15) is 40.7 Å². The zero-order valence-electron chi connectivity index (χ0n) is 15.5. The van der Waals surface area contributed by atoms with Gasteiger partial charge in [-0.1, -0.05) is 35.4 Å². The number of oxazole rings is 1. The van der Waals surface area contributed by atoms with Crippen molar-refractivity contribution in [2.75, 3.05) is 13.1 Å². The van der Waals surface area contributed by atoms with Crippen molar-refractivity contribution in [3.05, 3.63) is 64.6 Å². The Balaban J connectivity index is 1.34. The third-order valence-electron chi connectivity index (χ3n) is 5.55. The zero-order chi connectivity index (χ0) is 19.3. The van der Waals surface area contributed by atoms with E-state index < -0.39 is 0 Å². The van der Waals surface area contributed by atoms with Crippen LogP contribution in [0.4, 0.5) is 0 Å². The fraction of sp³-hybridized carbons (Fsp3) is 0.273. The van der Waals surface area contributed by atoms with Gasteiger partial charge in [0.05, 0.1) is 5.02 Å². The number of piperidine rings is 1. The molecule has 5 rings (SSSR count). The lowest BCUT2D eigenvalue weighted by Crippen LogP contribution is -2.38. The third-order valence-corrected chi connectivity index (χ3v) is 5.94. The Morgan fingerprint density at radius 1 is 1.21 bits per heavy atom. The van der Waals surface area contributed by atoms with Crippen LogP contribution in [0, 0.1) is 6.92 Å². The molecule has 3 heterocycles. The van der Waals surface area contributed by atoms with Crippen LogP contribution < -0.4 is 0 Å². The highest BCUT2D eigenvalue weighted by Crippen LogP contribution is 2.33. The van der Waals surface area contributed by atoms with Gasteiger partial charge in [-0.05, 0) is 44.0 Å². The molecule has 5 nitrogen and oxygen atoms in total. The molecule has 0 aliphatic carbocycles. The van der Waals surface area contributed by atoms with Crippen molar-refractivity contribution in [3.63, 3.8) is 0 Å². The summed E-state index contributed by atoms with van der Waals surface area (Å²) in [5, 5.41) is 1.40. The van der Waals surface area contributed by atoms with Gasteiger partial charge >= 0.3 is 0 Å².